The first-order valence-electron chi connectivity index (χ1n) is 7.01. The molecule has 0 aliphatic carbocycles. The van der Waals surface area contributed by atoms with Gasteiger partial charge in [0, 0.05) is 5.02 Å². The van der Waals surface area contributed by atoms with Gasteiger partial charge in [0.05, 0.1) is 23.4 Å². The first-order valence-corrected chi connectivity index (χ1v) is 7.77. The van der Waals surface area contributed by atoms with Crippen LogP contribution in [0.15, 0.2) is 42.5 Å². The molecule has 126 valence electrons. The second kappa shape index (κ2) is 8.04. The molecule has 0 aliphatic rings. The van der Waals surface area contributed by atoms with E-state index in [1.165, 1.54) is 26.2 Å². The van der Waals surface area contributed by atoms with Gasteiger partial charge in [0.1, 0.15) is 5.75 Å². The quantitative estimate of drug-likeness (QED) is 0.804. The number of amides is 1. The Morgan fingerprint density at radius 2 is 1.88 bits per heavy atom. The lowest BCUT2D eigenvalue weighted by atomic mass is 10.2. The number of carbonyl (C=O) groups excluding carboxylic acids is 2. The summed E-state index contributed by atoms with van der Waals surface area (Å²) < 4.78 is 10.2. The molecule has 2 rings (SSSR count). The predicted octanol–water partition coefficient (Wildman–Crippen LogP) is 4.19. The van der Waals surface area contributed by atoms with Crippen molar-refractivity contribution in [3.63, 3.8) is 0 Å². The molecule has 2 aromatic carbocycles. The maximum atomic E-state index is 12.1. The smallest absolute Gasteiger partial charge is 0.339 e. The molecule has 0 bridgehead atoms. The van der Waals surface area contributed by atoms with Crippen molar-refractivity contribution in [1.29, 1.82) is 0 Å². The van der Waals surface area contributed by atoms with Crippen molar-refractivity contribution in [3.05, 3.63) is 58.1 Å². The van der Waals surface area contributed by atoms with Crippen LogP contribution in [-0.2, 0) is 9.53 Å². The first kappa shape index (κ1) is 18.1. The van der Waals surface area contributed by atoms with E-state index in [4.69, 9.17) is 32.7 Å². The van der Waals surface area contributed by atoms with Crippen LogP contribution in [0, 0.1) is 0 Å². The monoisotopic (exact) mass is 367 g/mol. The van der Waals surface area contributed by atoms with Gasteiger partial charge < -0.3 is 14.8 Å². The van der Waals surface area contributed by atoms with Crippen LogP contribution in [0.2, 0.25) is 10.0 Å². The van der Waals surface area contributed by atoms with Gasteiger partial charge in [0.15, 0.2) is 6.10 Å². The van der Waals surface area contributed by atoms with E-state index in [1.807, 2.05) is 0 Å². The minimum absolute atomic E-state index is 0.290. The van der Waals surface area contributed by atoms with Crippen LogP contribution in [0.5, 0.6) is 5.75 Å². The van der Waals surface area contributed by atoms with E-state index in [9.17, 15) is 9.59 Å². The second-order valence-electron chi connectivity index (χ2n) is 4.89. The number of halogens is 2. The molecule has 1 atom stereocenters. The van der Waals surface area contributed by atoms with Gasteiger partial charge in [-0.15, -0.1) is 0 Å². The standard InChI is InChI=1S/C17H15Cl2NO4/c1-10(16(21)20-15-7-6-12(18)9-14(15)19)24-17(22)11-4-3-5-13(8-11)23-2/h3-10H,1-2H3,(H,20,21)/t10-/m1/s1. The summed E-state index contributed by atoms with van der Waals surface area (Å²) in [6, 6.07) is 11.1. The Morgan fingerprint density at radius 1 is 1.12 bits per heavy atom. The number of nitrogens with one attached hydrogen (secondary N) is 1. The van der Waals surface area contributed by atoms with Gasteiger partial charge in [-0.05, 0) is 43.3 Å². The highest BCUT2D eigenvalue weighted by Gasteiger charge is 2.20. The van der Waals surface area contributed by atoms with Crippen LogP contribution in [0.4, 0.5) is 5.69 Å². The Labute approximate surface area is 149 Å². The molecule has 0 unspecified atom stereocenters. The number of rotatable bonds is 5. The lowest BCUT2D eigenvalue weighted by molar-refractivity contribution is -0.123. The SMILES string of the molecule is COc1cccc(C(=O)O[C@H](C)C(=O)Nc2ccc(Cl)cc2Cl)c1. The molecule has 2 aromatic rings. The van der Waals surface area contributed by atoms with Gasteiger partial charge in [-0.3, -0.25) is 4.79 Å². The van der Waals surface area contributed by atoms with E-state index in [1.54, 1.807) is 30.3 Å². The highest BCUT2D eigenvalue weighted by Crippen LogP contribution is 2.25. The van der Waals surface area contributed by atoms with Crippen LogP contribution in [0.1, 0.15) is 17.3 Å². The van der Waals surface area contributed by atoms with Crippen molar-refractivity contribution in [2.75, 3.05) is 12.4 Å². The summed E-state index contributed by atoms with van der Waals surface area (Å²) in [5, 5.41) is 3.33. The lowest BCUT2D eigenvalue weighted by Gasteiger charge is -2.14. The number of hydrogen-bond donors (Lipinski definition) is 1. The zero-order chi connectivity index (χ0) is 17.7. The van der Waals surface area contributed by atoms with Crippen LogP contribution >= 0.6 is 23.2 Å². The molecule has 0 saturated heterocycles. The molecule has 0 fully saturated rings. The fourth-order valence-electron chi connectivity index (χ4n) is 1.86. The van der Waals surface area contributed by atoms with Gasteiger partial charge >= 0.3 is 5.97 Å². The van der Waals surface area contributed by atoms with E-state index in [2.05, 4.69) is 5.32 Å². The van der Waals surface area contributed by atoms with E-state index in [-0.39, 0.29) is 0 Å². The Balaban J connectivity index is 2.01. The molecule has 24 heavy (non-hydrogen) atoms. The molecule has 0 aromatic heterocycles. The minimum Gasteiger partial charge on any atom is -0.497 e. The van der Waals surface area contributed by atoms with Crippen molar-refractivity contribution in [2.24, 2.45) is 0 Å². The molecule has 0 heterocycles. The Morgan fingerprint density at radius 3 is 2.54 bits per heavy atom. The van der Waals surface area contributed by atoms with E-state index in [0.717, 1.165) is 0 Å². The Hall–Kier alpha value is -2.24. The number of esters is 1. The van der Waals surface area contributed by atoms with Gasteiger partial charge in [0.25, 0.3) is 5.91 Å². The summed E-state index contributed by atoms with van der Waals surface area (Å²) in [5.41, 5.74) is 0.675. The maximum absolute atomic E-state index is 12.1. The highest BCUT2D eigenvalue weighted by molar-refractivity contribution is 6.36. The fourth-order valence-corrected chi connectivity index (χ4v) is 2.31. The molecular weight excluding hydrogens is 353 g/mol. The summed E-state index contributed by atoms with van der Waals surface area (Å²) >= 11 is 11.8. The zero-order valence-electron chi connectivity index (χ0n) is 13.0. The molecule has 1 N–H and O–H groups in total. The van der Waals surface area contributed by atoms with Crippen LogP contribution in [-0.4, -0.2) is 25.1 Å². The number of anilines is 1. The van der Waals surface area contributed by atoms with Crippen LogP contribution in [0.25, 0.3) is 0 Å². The van der Waals surface area contributed by atoms with Gasteiger partial charge in [-0.2, -0.15) is 0 Å². The van der Waals surface area contributed by atoms with Gasteiger partial charge in [-0.1, -0.05) is 29.3 Å². The number of carbonyl (C=O) groups is 2. The lowest BCUT2D eigenvalue weighted by Crippen LogP contribution is -2.30. The Kier molecular flexibility index (Phi) is 6.06. The third-order valence-electron chi connectivity index (χ3n) is 3.15. The average molecular weight is 368 g/mol. The van der Waals surface area contributed by atoms with Crippen LogP contribution in [0.3, 0.4) is 0 Å². The van der Waals surface area contributed by atoms with Gasteiger partial charge in [-0.25, -0.2) is 4.79 Å². The summed E-state index contributed by atoms with van der Waals surface area (Å²) in [6.45, 7) is 1.47. The average Bonchev–Trinajstić information content (AvgIpc) is 2.57. The summed E-state index contributed by atoms with van der Waals surface area (Å²) in [6.07, 6.45) is -1.00. The van der Waals surface area contributed by atoms with E-state index in [0.29, 0.717) is 27.0 Å². The number of methoxy groups -OCH3 is 1. The molecular formula is C17H15Cl2NO4. The normalized spacial score (nSPS) is 11.5. The number of hydrogen-bond acceptors (Lipinski definition) is 4. The van der Waals surface area contributed by atoms with E-state index < -0.39 is 18.0 Å². The van der Waals surface area contributed by atoms with Crippen molar-refractivity contribution in [2.45, 2.75) is 13.0 Å². The number of benzene rings is 2. The fraction of sp³-hybridized carbons (Fsp3) is 0.176. The largest absolute Gasteiger partial charge is 0.497 e. The van der Waals surface area contributed by atoms with Crippen LogP contribution < -0.4 is 10.1 Å². The van der Waals surface area contributed by atoms with E-state index >= 15 is 0 Å². The third kappa shape index (κ3) is 4.63. The molecule has 0 radical (unpaired) electrons. The predicted molar refractivity (Wildman–Crippen MR) is 93.0 cm³/mol. The van der Waals surface area contributed by atoms with Gasteiger partial charge in [0.2, 0.25) is 0 Å². The Bertz CT molecular complexity index is 764. The summed E-state index contributed by atoms with van der Waals surface area (Å²) in [4.78, 5) is 24.2. The van der Waals surface area contributed by atoms with Crippen molar-refractivity contribution in [1.82, 2.24) is 0 Å². The second-order valence-corrected chi connectivity index (χ2v) is 5.74. The molecule has 0 spiro atoms. The highest BCUT2D eigenvalue weighted by atomic mass is 35.5. The topological polar surface area (TPSA) is 64.6 Å². The molecule has 0 aliphatic heterocycles. The molecule has 0 saturated carbocycles. The minimum atomic E-state index is -1.00. The van der Waals surface area contributed by atoms with Crippen molar-refractivity contribution >= 4 is 40.8 Å². The zero-order valence-corrected chi connectivity index (χ0v) is 14.5. The molecule has 1 amide bonds. The molecule has 7 heteroatoms. The first-order chi connectivity index (χ1) is 11.4. The van der Waals surface area contributed by atoms with Crippen molar-refractivity contribution < 1.29 is 19.1 Å². The molecule has 5 nitrogen and oxygen atoms in total. The third-order valence-corrected chi connectivity index (χ3v) is 3.70. The van der Waals surface area contributed by atoms with Crippen molar-refractivity contribution in [3.8, 4) is 5.75 Å². The summed E-state index contributed by atoms with van der Waals surface area (Å²) in [5.74, 6) is -0.608. The summed E-state index contributed by atoms with van der Waals surface area (Å²) in [7, 11) is 1.50. The maximum Gasteiger partial charge on any atom is 0.339 e. The number of ether oxygens (including phenoxy) is 2.